The Morgan fingerprint density at radius 3 is 1.60 bits per heavy atom. The molecule has 2 aromatic carbocycles. The fourth-order valence-corrected chi connectivity index (χ4v) is 2.69. The van der Waals surface area contributed by atoms with Gasteiger partial charge in [-0.15, -0.1) is 0 Å². The van der Waals surface area contributed by atoms with E-state index in [1.54, 1.807) is 39.0 Å². The molecule has 234 valence electrons. The van der Waals surface area contributed by atoms with Gasteiger partial charge in [-0.1, -0.05) is 105 Å². The van der Waals surface area contributed by atoms with E-state index in [9.17, 15) is 19.2 Å². The van der Waals surface area contributed by atoms with Crippen LogP contribution >= 0.6 is 0 Å². The Bertz CT molecular complexity index is 973. The van der Waals surface area contributed by atoms with Crippen molar-refractivity contribution >= 4 is 23.6 Å². The molecule has 0 radical (unpaired) electrons. The number of aldehydes is 1. The zero-order valence-corrected chi connectivity index (χ0v) is 27.3. The summed E-state index contributed by atoms with van der Waals surface area (Å²) in [6.45, 7) is 14.7. The molecule has 0 aliphatic carbocycles. The molecular weight excluding hydrogens is 526 g/mol. The summed E-state index contributed by atoms with van der Waals surface area (Å²) in [7, 11) is 0. The highest BCUT2D eigenvalue weighted by Gasteiger charge is 1.96. The van der Waals surface area contributed by atoms with E-state index in [4.69, 9.17) is 10.4 Å². The molecular formula is C36H55NO5. The van der Waals surface area contributed by atoms with E-state index in [-0.39, 0.29) is 18.2 Å². The molecule has 0 spiro atoms. The van der Waals surface area contributed by atoms with Gasteiger partial charge in [0.05, 0.1) is 6.07 Å². The van der Waals surface area contributed by atoms with Crippen LogP contribution < -0.4 is 0 Å². The normalized spacial score (nSPS) is 8.38. The zero-order chi connectivity index (χ0) is 33.0. The summed E-state index contributed by atoms with van der Waals surface area (Å²) in [6, 6.07) is 20.1. The number of Topliss-reactive ketones (excluding diaryl/α,β-unsaturated/α-hetero) is 3. The van der Waals surface area contributed by atoms with E-state index in [1.165, 1.54) is 31.8 Å². The van der Waals surface area contributed by atoms with Gasteiger partial charge < -0.3 is 9.90 Å². The third kappa shape index (κ3) is 43.4. The molecule has 0 heterocycles. The first-order valence-electron chi connectivity index (χ1n) is 14.6. The number of aliphatic hydroxyl groups is 1. The first kappa shape index (κ1) is 45.3. The minimum absolute atomic E-state index is 0.121. The van der Waals surface area contributed by atoms with E-state index in [0.29, 0.717) is 18.6 Å². The maximum Gasteiger partial charge on any atom is 0.159 e. The number of allylic oxidation sites excluding steroid dienone is 2. The van der Waals surface area contributed by atoms with Crippen molar-refractivity contribution in [3.05, 3.63) is 83.4 Å². The van der Waals surface area contributed by atoms with Gasteiger partial charge in [-0.05, 0) is 47.5 Å². The first-order chi connectivity index (χ1) is 20.0. The Balaban J connectivity index is -0.000000216. The standard InChI is InChI=1S/C9H18O.C8H8O.C8H14O.C7H6O.C2H3N.C2H6O/c1-3-5-6-7-8-9(10)4-2;1-7(9)8-5-3-2-4-6-8;1-7(2)5-4-6-8(3)9;8-6-7-4-2-1-3-5-7;2*1-2-3/h3-8H2,1-2H3;2-6H,1H3;5H,4,6H2,1-3H3;1-6H;1H3;3H,2H2,1H3. The maximum absolute atomic E-state index is 10.8. The minimum atomic E-state index is 0.121. The number of aliphatic hydroxyl groups excluding tert-OH is 1. The average Bonchev–Trinajstić information content (AvgIpc) is 2.97. The lowest BCUT2D eigenvalue weighted by Gasteiger charge is -1.96. The van der Waals surface area contributed by atoms with Crippen molar-refractivity contribution in [1.82, 2.24) is 0 Å². The van der Waals surface area contributed by atoms with E-state index in [2.05, 4.69) is 13.0 Å². The molecule has 0 atom stereocenters. The van der Waals surface area contributed by atoms with Crippen LogP contribution in [-0.2, 0) is 9.59 Å². The molecule has 6 nitrogen and oxygen atoms in total. The number of rotatable bonds is 11. The second-order valence-electron chi connectivity index (χ2n) is 9.22. The van der Waals surface area contributed by atoms with Crippen molar-refractivity contribution in [1.29, 1.82) is 5.26 Å². The van der Waals surface area contributed by atoms with Crippen molar-refractivity contribution in [2.24, 2.45) is 0 Å². The zero-order valence-electron chi connectivity index (χ0n) is 27.3. The summed E-state index contributed by atoms with van der Waals surface area (Å²) < 4.78 is 0. The molecule has 0 saturated carbocycles. The summed E-state index contributed by atoms with van der Waals surface area (Å²) in [6.07, 6.45) is 10.9. The van der Waals surface area contributed by atoms with Gasteiger partial charge in [0.25, 0.3) is 0 Å². The van der Waals surface area contributed by atoms with Crippen LogP contribution in [0.1, 0.15) is 127 Å². The molecule has 2 rings (SSSR count). The van der Waals surface area contributed by atoms with Crippen molar-refractivity contribution in [2.45, 2.75) is 107 Å². The largest absolute Gasteiger partial charge is 0.397 e. The Morgan fingerprint density at radius 2 is 1.29 bits per heavy atom. The topological polar surface area (TPSA) is 112 Å². The number of carbonyl (C=O) groups is 4. The van der Waals surface area contributed by atoms with E-state index < -0.39 is 0 Å². The summed E-state index contributed by atoms with van der Waals surface area (Å²) in [5.41, 5.74) is 2.79. The van der Waals surface area contributed by atoms with Gasteiger partial charge >= 0.3 is 0 Å². The van der Waals surface area contributed by atoms with Crippen LogP contribution in [-0.4, -0.2) is 35.3 Å². The molecule has 6 heteroatoms. The number of unbranched alkanes of at least 4 members (excludes halogenated alkanes) is 3. The van der Waals surface area contributed by atoms with Gasteiger partial charge in [0.15, 0.2) is 5.78 Å². The maximum atomic E-state index is 10.8. The molecule has 0 amide bonds. The van der Waals surface area contributed by atoms with Crippen LogP contribution in [0.15, 0.2) is 72.3 Å². The van der Waals surface area contributed by atoms with Gasteiger partial charge in [-0.3, -0.25) is 14.4 Å². The third-order valence-corrected chi connectivity index (χ3v) is 4.87. The molecule has 0 bridgehead atoms. The fraction of sp³-hybridized carbons (Fsp3) is 0.472. The molecule has 2 aromatic rings. The summed E-state index contributed by atoms with van der Waals surface area (Å²) in [4.78, 5) is 41.8. The number of nitrogens with zero attached hydrogens (tertiary/aromatic N) is 1. The van der Waals surface area contributed by atoms with Gasteiger partial charge in [0, 0.05) is 43.9 Å². The van der Waals surface area contributed by atoms with Crippen LogP contribution in [0.3, 0.4) is 0 Å². The highest BCUT2D eigenvalue weighted by atomic mass is 16.2. The van der Waals surface area contributed by atoms with E-state index >= 15 is 0 Å². The molecule has 0 aliphatic heterocycles. The van der Waals surface area contributed by atoms with Crippen molar-refractivity contribution in [3.8, 4) is 6.07 Å². The quantitative estimate of drug-likeness (QED) is 0.122. The predicted molar refractivity (Wildman–Crippen MR) is 176 cm³/mol. The van der Waals surface area contributed by atoms with Crippen LogP contribution in [0.25, 0.3) is 0 Å². The molecule has 42 heavy (non-hydrogen) atoms. The number of benzene rings is 2. The smallest absolute Gasteiger partial charge is 0.159 e. The monoisotopic (exact) mass is 581 g/mol. The Labute approximate surface area is 255 Å². The Hall–Kier alpha value is -3.69. The van der Waals surface area contributed by atoms with E-state index in [1.807, 2.05) is 69.3 Å². The van der Waals surface area contributed by atoms with Crippen molar-refractivity contribution < 1.29 is 24.3 Å². The number of carbonyl (C=O) groups excluding carboxylic acids is 4. The second-order valence-corrected chi connectivity index (χ2v) is 9.22. The summed E-state index contributed by atoms with van der Waals surface area (Å²) >= 11 is 0. The van der Waals surface area contributed by atoms with Gasteiger partial charge in [-0.2, -0.15) is 5.26 Å². The van der Waals surface area contributed by atoms with Crippen LogP contribution in [0.4, 0.5) is 0 Å². The highest BCUT2D eigenvalue weighted by Crippen LogP contribution is 2.03. The molecule has 0 aliphatic rings. The second kappa shape index (κ2) is 37.3. The lowest BCUT2D eigenvalue weighted by atomic mass is 10.1. The summed E-state index contributed by atoms with van der Waals surface area (Å²) in [5, 5.41) is 14.9. The minimum Gasteiger partial charge on any atom is -0.397 e. The fourth-order valence-electron chi connectivity index (χ4n) is 2.69. The van der Waals surface area contributed by atoms with Crippen LogP contribution in [0.2, 0.25) is 0 Å². The van der Waals surface area contributed by atoms with E-state index in [0.717, 1.165) is 36.7 Å². The van der Waals surface area contributed by atoms with Gasteiger partial charge in [0.2, 0.25) is 0 Å². The molecule has 1 N–H and O–H groups in total. The van der Waals surface area contributed by atoms with Crippen LogP contribution in [0.5, 0.6) is 0 Å². The predicted octanol–water partition coefficient (Wildman–Crippen LogP) is 9.17. The lowest BCUT2D eigenvalue weighted by Crippen LogP contribution is -1.93. The number of nitriles is 1. The lowest BCUT2D eigenvalue weighted by molar-refractivity contribution is -0.119. The third-order valence-electron chi connectivity index (χ3n) is 4.87. The molecule has 0 unspecified atom stereocenters. The number of hydrogen-bond acceptors (Lipinski definition) is 6. The summed E-state index contributed by atoms with van der Waals surface area (Å²) in [5.74, 6) is 0.805. The molecule has 0 aromatic heterocycles. The first-order valence-corrected chi connectivity index (χ1v) is 14.6. The molecule has 0 saturated heterocycles. The average molecular weight is 582 g/mol. The highest BCUT2D eigenvalue weighted by molar-refractivity contribution is 5.93. The Morgan fingerprint density at radius 1 is 0.810 bits per heavy atom. The number of ketones is 3. The molecule has 0 fully saturated rings. The number of hydrogen-bond donors (Lipinski definition) is 1. The van der Waals surface area contributed by atoms with Gasteiger partial charge in [-0.25, -0.2) is 0 Å². The Kier molecular flexibility index (Phi) is 40.2. The van der Waals surface area contributed by atoms with Gasteiger partial charge in [0.1, 0.15) is 17.9 Å². The van der Waals surface area contributed by atoms with Crippen LogP contribution in [0, 0.1) is 11.3 Å². The SMILES string of the molecule is CC#N.CC(=O)CCC=C(C)C.CC(=O)c1ccccc1.CCCCCCC(=O)CC.CCO.O=Cc1ccccc1. The van der Waals surface area contributed by atoms with Crippen molar-refractivity contribution in [2.75, 3.05) is 6.61 Å². The van der Waals surface area contributed by atoms with Crippen molar-refractivity contribution in [3.63, 3.8) is 0 Å².